The molecule has 1 heterocycles. The predicted molar refractivity (Wildman–Crippen MR) is 60.5 cm³/mol. The lowest BCUT2D eigenvalue weighted by Gasteiger charge is -2.03. The van der Waals surface area contributed by atoms with Gasteiger partial charge in [0.1, 0.15) is 5.75 Å². The van der Waals surface area contributed by atoms with E-state index in [1.165, 1.54) is 12.1 Å². The number of nitrogens with zero attached hydrogens (tertiary/aromatic N) is 1. The van der Waals surface area contributed by atoms with Gasteiger partial charge >= 0.3 is 12.6 Å². The summed E-state index contributed by atoms with van der Waals surface area (Å²) >= 11 is 0. The Morgan fingerprint density at radius 2 is 1.81 bits per heavy atom. The van der Waals surface area contributed by atoms with E-state index in [0.29, 0.717) is 0 Å². The van der Waals surface area contributed by atoms with Crippen molar-refractivity contribution in [2.24, 2.45) is 0 Å². The molecule has 2 aromatic rings. The van der Waals surface area contributed by atoms with Crippen LogP contribution in [0.4, 0.5) is 17.6 Å². The summed E-state index contributed by atoms with van der Waals surface area (Å²) in [5.74, 6) is -3.14. The van der Waals surface area contributed by atoms with Crippen LogP contribution in [0.15, 0.2) is 28.7 Å². The highest BCUT2D eigenvalue weighted by molar-refractivity contribution is 5.86. The molecular weight excluding hydrogens is 298 g/mol. The Labute approximate surface area is 114 Å². The molecule has 9 heteroatoms. The van der Waals surface area contributed by atoms with E-state index in [9.17, 15) is 22.4 Å². The van der Waals surface area contributed by atoms with Crippen molar-refractivity contribution in [1.82, 2.24) is 4.98 Å². The maximum atomic E-state index is 12.6. The van der Waals surface area contributed by atoms with Gasteiger partial charge in [0.25, 0.3) is 6.43 Å². The zero-order valence-corrected chi connectivity index (χ0v) is 10.1. The molecule has 0 bridgehead atoms. The first-order chi connectivity index (χ1) is 9.88. The summed E-state index contributed by atoms with van der Waals surface area (Å²) in [6.45, 7) is -3.00. The van der Waals surface area contributed by atoms with Gasteiger partial charge in [0.2, 0.25) is 11.7 Å². The largest absolute Gasteiger partial charge is 0.475 e. The van der Waals surface area contributed by atoms with E-state index in [4.69, 9.17) is 9.52 Å². The van der Waals surface area contributed by atoms with Crippen LogP contribution in [0.1, 0.15) is 22.7 Å². The molecule has 1 N–H and O–H groups in total. The number of hydrogen-bond donors (Lipinski definition) is 1. The Hall–Kier alpha value is -2.58. The quantitative estimate of drug-likeness (QED) is 0.855. The molecule has 0 aliphatic carbocycles. The van der Waals surface area contributed by atoms with Crippen molar-refractivity contribution in [2.75, 3.05) is 0 Å². The minimum Gasteiger partial charge on any atom is -0.475 e. The van der Waals surface area contributed by atoms with Gasteiger partial charge in [-0.05, 0) is 24.3 Å². The Kier molecular flexibility index (Phi) is 4.10. The van der Waals surface area contributed by atoms with E-state index in [0.717, 1.165) is 12.1 Å². The van der Waals surface area contributed by atoms with Crippen LogP contribution in [0, 0.1) is 0 Å². The number of halogens is 4. The number of oxazole rings is 1. The van der Waals surface area contributed by atoms with Crippen molar-refractivity contribution in [3.8, 4) is 17.2 Å². The first-order valence-corrected chi connectivity index (χ1v) is 5.46. The lowest BCUT2D eigenvalue weighted by Crippen LogP contribution is -2.01. The normalized spacial score (nSPS) is 11.1. The van der Waals surface area contributed by atoms with Gasteiger partial charge in [0.15, 0.2) is 5.69 Å². The van der Waals surface area contributed by atoms with Gasteiger partial charge in [0, 0.05) is 5.56 Å². The summed E-state index contributed by atoms with van der Waals surface area (Å²) in [7, 11) is 0. The van der Waals surface area contributed by atoms with E-state index in [1.54, 1.807) is 0 Å². The van der Waals surface area contributed by atoms with Crippen LogP contribution < -0.4 is 4.74 Å². The lowest BCUT2D eigenvalue weighted by atomic mass is 10.2. The van der Waals surface area contributed by atoms with Gasteiger partial charge in [-0.25, -0.2) is 18.6 Å². The monoisotopic (exact) mass is 305 g/mol. The van der Waals surface area contributed by atoms with Gasteiger partial charge in [-0.15, -0.1) is 0 Å². The van der Waals surface area contributed by atoms with E-state index in [-0.39, 0.29) is 17.2 Å². The molecule has 0 spiro atoms. The molecule has 112 valence electrons. The highest BCUT2D eigenvalue weighted by Gasteiger charge is 2.26. The SMILES string of the molecule is O=C(O)c1oc(-c2ccc(OC(F)F)cc2)nc1C(F)F. The average Bonchev–Trinajstić information content (AvgIpc) is 2.84. The van der Waals surface area contributed by atoms with E-state index in [2.05, 4.69) is 9.72 Å². The van der Waals surface area contributed by atoms with E-state index >= 15 is 0 Å². The Balaban J connectivity index is 2.34. The fourth-order valence-electron chi connectivity index (χ4n) is 1.54. The fraction of sp³-hybridized carbons (Fsp3) is 0.167. The standard InChI is InChI=1S/C12H7F4NO4/c13-9(14)7-8(11(18)19)21-10(17-7)5-1-3-6(4-2-5)20-12(15)16/h1-4,9,12H,(H,18,19). The second-order valence-corrected chi connectivity index (χ2v) is 3.74. The van der Waals surface area contributed by atoms with Crippen LogP contribution in [0.3, 0.4) is 0 Å². The molecule has 0 aliphatic rings. The number of aromatic nitrogens is 1. The third kappa shape index (κ3) is 3.30. The van der Waals surface area contributed by atoms with Crippen LogP contribution >= 0.6 is 0 Å². The average molecular weight is 305 g/mol. The molecule has 0 aliphatic heterocycles. The van der Waals surface area contributed by atoms with Crippen molar-refractivity contribution in [2.45, 2.75) is 13.0 Å². The molecule has 0 amide bonds. The highest BCUT2D eigenvalue weighted by atomic mass is 19.3. The number of ether oxygens (including phenoxy) is 1. The maximum absolute atomic E-state index is 12.6. The molecule has 0 radical (unpaired) electrons. The van der Waals surface area contributed by atoms with Crippen LogP contribution in [-0.2, 0) is 0 Å². The number of benzene rings is 1. The number of rotatable bonds is 5. The van der Waals surface area contributed by atoms with Crippen LogP contribution in [0.2, 0.25) is 0 Å². The molecule has 21 heavy (non-hydrogen) atoms. The van der Waals surface area contributed by atoms with Crippen molar-refractivity contribution < 1.29 is 36.6 Å². The zero-order chi connectivity index (χ0) is 15.6. The molecule has 0 fully saturated rings. The first-order valence-electron chi connectivity index (χ1n) is 5.46. The predicted octanol–water partition coefficient (Wildman–Crippen LogP) is 3.58. The third-order valence-electron chi connectivity index (χ3n) is 2.38. The summed E-state index contributed by atoms with van der Waals surface area (Å²) in [5.41, 5.74) is -0.851. The third-order valence-corrected chi connectivity index (χ3v) is 2.38. The van der Waals surface area contributed by atoms with E-state index < -0.39 is 30.5 Å². The van der Waals surface area contributed by atoms with Crippen LogP contribution in [0.25, 0.3) is 11.5 Å². The number of carbonyl (C=O) groups is 1. The molecule has 1 aromatic heterocycles. The van der Waals surface area contributed by atoms with Crippen LogP contribution in [-0.4, -0.2) is 22.7 Å². The van der Waals surface area contributed by atoms with Gasteiger partial charge in [0.05, 0.1) is 0 Å². The lowest BCUT2D eigenvalue weighted by molar-refractivity contribution is -0.0498. The highest BCUT2D eigenvalue weighted by Crippen LogP contribution is 2.29. The Morgan fingerprint density at radius 3 is 2.24 bits per heavy atom. The minimum absolute atomic E-state index is 0.144. The molecule has 0 saturated heterocycles. The summed E-state index contributed by atoms with van der Waals surface area (Å²) in [5, 5.41) is 8.75. The second kappa shape index (κ2) is 5.81. The smallest absolute Gasteiger partial charge is 0.387 e. The molecule has 0 atom stereocenters. The fourth-order valence-corrected chi connectivity index (χ4v) is 1.54. The summed E-state index contributed by atoms with van der Waals surface area (Å²) in [6, 6.07) is 4.75. The summed E-state index contributed by atoms with van der Waals surface area (Å²) in [6.07, 6.45) is -3.12. The van der Waals surface area contributed by atoms with E-state index in [1.807, 2.05) is 0 Å². The van der Waals surface area contributed by atoms with Gasteiger partial charge in [-0.1, -0.05) is 0 Å². The second-order valence-electron chi connectivity index (χ2n) is 3.74. The number of carboxylic acids is 1. The number of alkyl halides is 4. The van der Waals surface area contributed by atoms with Gasteiger partial charge < -0.3 is 14.3 Å². The Bertz CT molecular complexity index is 639. The number of carboxylic acid groups (broad SMARTS) is 1. The number of hydrogen-bond acceptors (Lipinski definition) is 4. The molecule has 5 nitrogen and oxygen atoms in total. The minimum atomic E-state index is -3.12. The number of aromatic carboxylic acids is 1. The van der Waals surface area contributed by atoms with Crippen LogP contribution in [0.5, 0.6) is 5.75 Å². The molecule has 0 saturated carbocycles. The topological polar surface area (TPSA) is 72.6 Å². The van der Waals surface area contributed by atoms with Gasteiger partial charge in [-0.2, -0.15) is 8.78 Å². The summed E-state index contributed by atoms with van der Waals surface area (Å²) < 4.78 is 58.1. The molecule has 1 aromatic carbocycles. The molecule has 2 rings (SSSR count). The zero-order valence-electron chi connectivity index (χ0n) is 10.1. The van der Waals surface area contributed by atoms with Gasteiger partial charge in [-0.3, -0.25) is 0 Å². The van der Waals surface area contributed by atoms with Crippen molar-refractivity contribution >= 4 is 5.97 Å². The van der Waals surface area contributed by atoms with Crippen molar-refractivity contribution in [3.05, 3.63) is 35.7 Å². The maximum Gasteiger partial charge on any atom is 0.387 e. The first kappa shape index (κ1) is 14.8. The van der Waals surface area contributed by atoms with Crippen molar-refractivity contribution in [1.29, 1.82) is 0 Å². The molecular formula is C12H7F4NO4. The molecule has 0 unspecified atom stereocenters. The Morgan fingerprint density at radius 1 is 1.19 bits per heavy atom. The summed E-state index contributed by atoms with van der Waals surface area (Å²) in [4.78, 5) is 14.2. The van der Waals surface area contributed by atoms with Crippen molar-refractivity contribution in [3.63, 3.8) is 0 Å².